The molecule has 0 radical (unpaired) electrons. The topological polar surface area (TPSA) is 78.3 Å². The smallest absolute Gasteiger partial charge is 0.337 e. The minimum Gasteiger partial charge on any atom is -0.465 e. The quantitative estimate of drug-likeness (QED) is 0.387. The molecule has 1 aromatic carbocycles. The van der Waals surface area contributed by atoms with Gasteiger partial charge in [-0.2, -0.15) is 0 Å². The highest BCUT2D eigenvalue weighted by molar-refractivity contribution is 5.94. The van der Waals surface area contributed by atoms with Gasteiger partial charge in [0.2, 0.25) is 0 Å². The number of esters is 1. The Labute approximate surface area is 167 Å². The van der Waals surface area contributed by atoms with Crippen molar-refractivity contribution >= 4 is 22.5 Å². The fraction of sp³-hybridized carbons (Fsp3) is 0.227. The molecule has 0 amide bonds. The summed E-state index contributed by atoms with van der Waals surface area (Å²) < 4.78 is 12.8. The molecule has 0 unspecified atom stereocenters. The molecule has 4 rings (SSSR count). The van der Waals surface area contributed by atoms with Crippen LogP contribution in [-0.4, -0.2) is 28.1 Å². The second kappa shape index (κ2) is 7.09. The van der Waals surface area contributed by atoms with Gasteiger partial charge in [-0.05, 0) is 57.2 Å². The zero-order chi connectivity index (χ0) is 20.6. The molecule has 4 aromatic rings. The minimum absolute atomic E-state index is 0.405. The lowest BCUT2D eigenvalue weighted by atomic mass is 10.1. The molecule has 0 aliphatic heterocycles. The monoisotopic (exact) mass is 391 g/mol. The number of nitrogens with zero attached hydrogens (tertiary/aromatic N) is 3. The van der Waals surface area contributed by atoms with Gasteiger partial charge >= 0.3 is 5.97 Å². The number of hydrogen-bond donors (Lipinski definition) is 0. The molecule has 0 fully saturated rings. The van der Waals surface area contributed by atoms with Crippen molar-refractivity contribution in [1.82, 2.24) is 9.38 Å². The van der Waals surface area contributed by atoms with Gasteiger partial charge in [0, 0.05) is 23.2 Å². The summed E-state index contributed by atoms with van der Waals surface area (Å²) in [5.74, 6) is 0.113. The summed E-state index contributed by atoms with van der Waals surface area (Å²) in [5, 5.41) is 5.51. The maximum Gasteiger partial charge on any atom is 0.337 e. The Hall–Kier alpha value is -3.61. The van der Waals surface area contributed by atoms with E-state index < -0.39 is 11.6 Å². The molecule has 7 heteroatoms. The van der Waals surface area contributed by atoms with Crippen molar-refractivity contribution in [2.24, 2.45) is 5.16 Å². The zero-order valence-corrected chi connectivity index (χ0v) is 16.7. The summed E-state index contributed by atoms with van der Waals surface area (Å²) in [6.07, 6.45) is 3.66. The molecular formula is C22H21N3O4. The summed E-state index contributed by atoms with van der Waals surface area (Å²) in [6.45, 7) is 5.73. The second-order valence-electron chi connectivity index (χ2n) is 7.61. The number of rotatable bonds is 3. The lowest BCUT2D eigenvalue weighted by molar-refractivity contribution is -0.00586. The van der Waals surface area contributed by atoms with E-state index in [1.54, 1.807) is 30.6 Å². The minimum atomic E-state index is -0.470. The lowest BCUT2D eigenvalue weighted by Crippen LogP contribution is -2.18. The van der Waals surface area contributed by atoms with Gasteiger partial charge < -0.3 is 18.4 Å². The second-order valence-corrected chi connectivity index (χ2v) is 7.61. The average Bonchev–Trinajstić information content (AvgIpc) is 3.18. The third kappa shape index (κ3) is 3.85. The van der Waals surface area contributed by atoms with Crippen LogP contribution in [0.15, 0.2) is 64.6 Å². The fourth-order valence-corrected chi connectivity index (χ4v) is 2.87. The number of carbonyl (C=O) groups excluding carboxylic acids is 1. The number of benzene rings is 1. The number of hydrogen-bond acceptors (Lipinski definition) is 6. The first-order chi connectivity index (χ1) is 13.8. The first-order valence-electron chi connectivity index (χ1n) is 9.15. The summed E-state index contributed by atoms with van der Waals surface area (Å²) in [4.78, 5) is 22.1. The lowest BCUT2D eigenvalue weighted by Gasteiger charge is -2.15. The molecule has 0 spiro atoms. The Kier molecular flexibility index (Phi) is 4.58. The fourth-order valence-electron chi connectivity index (χ4n) is 2.87. The van der Waals surface area contributed by atoms with E-state index in [9.17, 15) is 4.79 Å². The van der Waals surface area contributed by atoms with Crippen LogP contribution in [0.2, 0.25) is 0 Å². The summed E-state index contributed by atoms with van der Waals surface area (Å²) >= 11 is 0. The van der Waals surface area contributed by atoms with E-state index in [1.807, 2.05) is 49.6 Å². The number of carbonyl (C=O) groups is 1. The Bertz CT molecular complexity index is 1280. The predicted octanol–water partition coefficient (Wildman–Crippen LogP) is 4.16. The van der Waals surface area contributed by atoms with Crippen LogP contribution in [0, 0.1) is 0 Å². The molecule has 0 aliphatic carbocycles. The zero-order valence-electron chi connectivity index (χ0n) is 16.7. The summed E-state index contributed by atoms with van der Waals surface area (Å²) in [5.41, 5.74) is 2.16. The molecule has 148 valence electrons. The van der Waals surface area contributed by atoms with Crippen LogP contribution in [0.25, 0.3) is 27.9 Å². The maximum atomic E-state index is 11.9. The molecule has 0 saturated carbocycles. The van der Waals surface area contributed by atoms with Gasteiger partial charge in [-0.15, -0.1) is 0 Å². The van der Waals surface area contributed by atoms with Gasteiger partial charge in [-0.3, -0.25) is 0 Å². The van der Waals surface area contributed by atoms with E-state index in [-0.39, 0.29) is 0 Å². The van der Waals surface area contributed by atoms with E-state index in [2.05, 4.69) is 10.1 Å². The number of fused-ring (bicyclic) bond motifs is 2. The maximum absolute atomic E-state index is 11.9. The number of ether oxygens (including phenoxy) is 1. The molecule has 0 atom stereocenters. The van der Waals surface area contributed by atoms with E-state index in [0.29, 0.717) is 33.3 Å². The SMILES string of the molecule is COC(=O)c1ccc2oc(-c3cc4cccn4cn3)cc(=NOC(C)(C)C)c2c1. The third-order valence-corrected chi connectivity index (χ3v) is 4.25. The normalized spacial score (nSPS) is 12.5. The standard InChI is InChI=1S/C22H21N3O4/c1-22(2,3)29-24-17-12-20(18-11-15-6-5-9-25(15)13-23-18)28-19-8-7-14(10-16(17)19)21(26)27-4/h5-13H,1-4H3. The van der Waals surface area contributed by atoms with Crippen LogP contribution in [0.1, 0.15) is 31.1 Å². The number of aromatic nitrogens is 2. The van der Waals surface area contributed by atoms with Gasteiger partial charge in [0.1, 0.15) is 22.2 Å². The highest BCUT2D eigenvalue weighted by atomic mass is 16.6. The molecular weight excluding hydrogens is 370 g/mol. The molecule has 7 nitrogen and oxygen atoms in total. The Morgan fingerprint density at radius 1 is 1.17 bits per heavy atom. The largest absolute Gasteiger partial charge is 0.465 e. The average molecular weight is 391 g/mol. The Morgan fingerprint density at radius 2 is 2.00 bits per heavy atom. The van der Waals surface area contributed by atoms with Crippen molar-refractivity contribution in [1.29, 1.82) is 0 Å². The van der Waals surface area contributed by atoms with Crippen LogP contribution in [-0.2, 0) is 9.57 Å². The van der Waals surface area contributed by atoms with E-state index in [4.69, 9.17) is 14.0 Å². The summed E-state index contributed by atoms with van der Waals surface area (Å²) in [7, 11) is 1.34. The van der Waals surface area contributed by atoms with Crippen LogP contribution in [0.3, 0.4) is 0 Å². The highest BCUT2D eigenvalue weighted by Gasteiger charge is 2.14. The van der Waals surface area contributed by atoms with Gasteiger partial charge in [0.05, 0.1) is 19.0 Å². The predicted molar refractivity (Wildman–Crippen MR) is 108 cm³/mol. The van der Waals surface area contributed by atoms with Crippen molar-refractivity contribution in [2.45, 2.75) is 26.4 Å². The van der Waals surface area contributed by atoms with Crippen LogP contribution < -0.4 is 5.36 Å². The summed E-state index contributed by atoms with van der Waals surface area (Å²) in [6, 6.07) is 12.7. The van der Waals surface area contributed by atoms with Crippen LogP contribution >= 0.6 is 0 Å². The Balaban J connectivity index is 1.93. The molecule has 3 aromatic heterocycles. The van der Waals surface area contributed by atoms with E-state index >= 15 is 0 Å². The number of methoxy groups -OCH3 is 1. The molecule has 0 saturated heterocycles. The van der Waals surface area contributed by atoms with Crippen LogP contribution in [0.5, 0.6) is 0 Å². The third-order valence-electron chi connectivity index (χ3n) is 4.25. The van der Waals surface area contributed by atoms with Gasteiger partial charge in [-0.25, -0.2) is 9.78 Å². The van der Waals surface area contributed by atoms with Crippen LogP contribution in [0.4, 0.5) is 0 Å². The molecule has 3 heterocycles. The van der Waals surface area contributed by atoms with E-state index in [1.165, 1.54) is 7.11 Å². The van der Waals surface area contributed by atoms with Gasteiger partial charge in [-0.1, -0.05) is 5.16 Å². The highest BCUT2D eigenvalue weighted by Crippen LogP contribution is 2.23. The van der Waals surface area contributed by atoms with E-state index in [0.717, 1.165) is 5.52 Å². The van der Waals surface area contributed by atoms with Crippen molar-refractivity contribution in [3.63, 3.8) is 0 Å². The van der Waals surface area contributed by atoms with Gasteiger partial charge in [0.25, 0.3) is 0 Å². The van der Waals surface area contributed by atoms with Crippen molar-refractivity contribution in [2.75, 3.05) is 7.11 Å². The Morgan fingerprint density at radius 3 is 2.76 bits per heavy atom. The van der Waals surface area contributed by atoms with Crippen molar-refractivity contribution in [3.8, 4) is 11.5 Å². The van der Waals surface area contributed by atoms with Gasteiger partial charge in [0.15, 0.2) is 5.76 Å². The van der Waals surface area contributed by atoms with Crippen molar-refractivity contribution < 1.29 is 18.8 Å². The molecule has 0 bridgehead atoms. The first kappa shape index (κ1) is 18.7. The van der Waals surface area contributed by atoms with Crippen molar-refractivity contribution in [3.05, 3.63) is 65.9 Å². The molecule has 0 N–H and O–H groups in total. The first-order valence-corrected chi connectivity index (χ1v) is 9.15. The molecule has 29 heavy (non-hydrogen) atoms. The molecule has 0 aliphatic rings.